The molecule has 146 valence electrons. The number of pyridine rings is 1. The molecule has 5 rings (SSSR count). The van der Waals surface area contributed by atoms with Gasteiger partial charge in [-0.25, -0.2) is 9.97 Å². The van der Waals surface area contributed by atoms with Crippen molar-refractivity contribution in [3.63, 3.8) is 0 Å². The van der Waals surface area contributed by atoms with Gasteiger partial charge in [-0.3, -0.25) is 4.79 Å². The molecule has 4 aromatic rings. The number of carbonyl (C=O) groups excluding carboxylic acids is 1. The summed E-state index contributed by atoms with van der Waals surface area (Å²) in [6.07, 6.45) is 1.40. The first-order chi connectivity index (χ1) is 14.1. The summed E-state index contributed by atoms with van der Waals surface area (Å²) in [6, 6.07) is 13.8. The number of benzene rings is 2. The second kappa shape index (κ2) is 6.88. The molecular weight excluding hydrogens is 364 g/mol. The Bertz CT molecular complexity index is 1220. The van der Waals surface area contributed by atoms with Crippen LogP contribution in [0.1, 0.15) is 21.5 Å². The molecule has 0 aliphatic carbocycles. The van der Waals surface area contributed by atoms with Crippen molar-refractivity contribution in [2.75, 3.05) is 31.1 Å². The maximum absolute atomic E-state index is 12.9. The molecule has 1 fully saturated rings. The van der Waals surface area contributed by atoms with Crippen molar-refractivity contribution in [2.24, 2.45) is 0 Å². The molecule has 2 aromatic heterocycles. The number of aryl methyl sites for hydroxylation is 2. The summed E-state index contributed by atoms with van der Waals surface area (Å²) in [5.74, 6) is 1.02. The molecule has 1 aliphatic heterocycles. The molecule has 6 nitrogen and oxygen atoms in total. The summed E-state index contributed by atoms with van der Waals surface area (Å²) >= 11 is 0. The number of para-hydroxylation sites is 1. The van der Waals surface area contributed by atoms with E-state index in [-0.39, 0.29) is 5.91 Å². The second-order valence-corrected chi connectivity index (χ2v) is 7.58. The molecule has 1 amide bonds. The van der Waals surface area contributed by atoms with E-state index in [1.54, 1.807) is 18.2 Å². The van der Waals surface area contributed by atoms with E-state index in [1.165, 1.54) is 22.9 Å². The van der Waals surface area contributed by atoms with Crippen LogP contribution in [0.15, 0.2) is 53.3 Å². The van der Waals surface area contributed by atoms with Gasteiger partial charge in [-0.2, -0.15) is 0 Å². The van der Waals surface area contributed by atoms with Crippen LogP contribution in [-0.2, 0) is 0 Å². The van der Waals surface area contributed by atoms with E-state index < -0.39 is 0 Å². The number of hydrogen-bond donors (Lipinski definition) is 0. The monoisotopic (exact) mass is 386 g/mol. The number of rotatable bonds is 2. The van der Waals surface area contributed by atoms with Gasteiger partial charge in [0.1, 0.15) is 11.3 Å². The minimum atomic E-state index is 0.0352. The number of nitrogens with zero attached hydrogens (tertiary/aromatic N) is 4. The summed E-state index contributed by atoms with van der Waals surface area (Å²) in [7, 11) is 0. The molecule has 1 saturated heterocycles. The Morgan fingerprint density at radius 1 is 1.00 bits per heavy atom. The molecule has 0 atom stereocenters. The zero-order valence-electron chi connectivity index (χ0n) is 16.6. The highest BCUT2D eigenvalue weighted by Gasteiger charge is 2.24. The van der Waals surface area contributed by atoms with E-state index in [0.29, 0.717) is 29.8 Å². The Balaban J connectivity index is 1.34. The van der Waals surface area contributed by atoms with Crippen molar-refractivity contribution in [3.05, 3.63) is 65.5 Å². The molecule has 6 heteroatoms. The van der Waals surface area contributed by atoms with Crippen molar-refractivity contribution < 1.29 is 9.21 Å². The number of hydrogen-bond acceptors (Lipinski definition) is 5. The Morgan fingerprint density at radius 3 is 2.66 bits per heavy atom. The van der Waals surface area contributed by atoms with Crippen LogP contribution < -0.4 is 4.90 Å². The molecule has 1 aliphatic rings. The summed E-state index contributed by atoms with van der Waals surface area (Å²) in [4.78, 5) is 26.1. The first-order valence-electron chi connectivity index (χ1n) is 9.84. The quantitative estimate of drug-likeness (QED) is 0.522. The zero-order chi connectivity index (χ0) is 20.0. The first kappa shape index (κ1) is 17.7. The van der Waals surface area contributed by atoms with Gasteiger partial charge in [0, 0.05) is 37.1 Å². The highest BCUT2D eigenvalue weighted by atomic mass is 16.3. The highest BCUT2D eigenvalue weighted by molar-refractivity contribution is 5.97. The third kappa shape index (κ3) is 3.10. The van der Waals surface area contributed by atoms with Crippen LogP contribution in [0.5, 0.6) is 0 Å². The Kier molecular flexibility index (Phi) is 4.19. The van der Waals surface area contributed by atoms with Gasteiger partial charge in [0.15, 0.2) is 12.0 Å². The molecule has 0 N–H and O–H groups in total. The van der Waals surface area contributed by atoms with Crippen LogP contribution in [0.25, 0.3) is 22.0 Å². The minimum absolute atomic E-state index is 0.0352. The lowest BCUT2D eigenvalue weighted by molar-refractivity contribution is 0.0746. The van der Waals surface area contributed by atoms with Gasteiger partial charge < -0.3 is 14.2 Å². The Morgan fingerprint density at radius 2 is 1.83 bits per heavy atom. The van der Waals surface area contributed by atoms with Gasteiger partial charge >= 0.3 is 0 Å². The van der Waals surface area contributed by atoms with Crippen molar-refractivity contribution in [1.82, 2.24) is 14.9 Å². The van der Waals surface area contributed by atoms with Crippen molar-refractivity contribution in [3.8, 4) is 0 Å². The first-order valence-corrected chi connectivity index (χ1v) is 9.84. The SMILES string of the molecule is Cc1cc(N2CCN(C(=O)c3ccc4ocnc4c3)CC2)nc2c(C)cccc12. The smallest absolute Gasteiger partial charge is 0.254 e. The third-order valence-electron chi connectivity index (χ3n) is 5.70. The number of fused-ring (bicyclic) bond motifs is 2. The lowest BCUT2D eigenvalue weighted by Gasteiger charge is -2.35. The van der Waals surface area contributed by atoms with Crippen molar-refractivity contribution >= 4 is 33.7 Å². The third-order valence-corrected chi connectivity index (χ3v) is 5.70. The van der Waals surface area contributed by atoms with E-state index in [2.05, 4.69) is 48.0 Å². The van der Waals surface area contributed by atoms with Gasteiger partial charge in [-0.1, -0.05) is 18.2 Å². The Labute approximate surface area is 168 Å². The molecule has 29 heavy (non-hydrogen) atoms. The van der Waals surface area contributed by atoms with Gasteiger partial charge in [-0.15, -0.1) is 0 Å². The van der Waals surface area contributed by atoms with Crippen LogP contribution in [0.3, 0.4) is 0 Å². The number of anilines is 1. The molecule has 0 spiro atoms. The molecule has 0 radical (unpaired) electrons. The fourth-order valence-electron chi connectivity index (χ4n) is 4.02. The van der Waals surface area contributed by atoms with Crippen LogP contribution in [0.4, 0.5) is 5.82 Å². The summed E-state index contributed by atoms with van der Waals surface area (Å²) < 4.78 is 5.26. The summed E-state index contributed by atoms with van der Waals surface area (Å²) in [5, 5.41) is 1.20. The maximum atomic E-state index is 12.9. The lowest BCUT2D eigenvalue weighted by atomic mass is 10.1. The standard InChI is InChI=1S/C23H22N4O2/c1-15-4-3-5-18-16(2)12-21(25-22(15)18)26-8-10-27(11-9-26)23(28)17-6-7-20-19(13-17)24-14-29-20/h3-7,12-14H,8-11H2,1-2H3. The topological polar surface area (TPSA) is 62.5 Å². The zero-order valence-corrected chi connectivity index (χ0v) is 16.6. The highest BCUT2D eigenvalue weighted by Crippen LogP contribution is 2.26. The average Bonchev–Trinajstić information content (AvgIpc) is 3.22. The van der Waals surface area contributed by atoms with Crippen LogP contribution >= 0.6 is 0 Å². The number of piperazine rings is 1. The van der Waals surface area contributed by atoms with E-state index >= 15 is 0 Å². The predicted molar refractivity (Wildman–Crippen MR) is 113 cm³/mol. The lowest BCUT2D eigenvalue weighted by Crippen LogP contribution is -2.49. The van der Waals surface area contributed by atoms with Gasteiger partial charge in [0.25, 0.3) is 5.91 Å². The number of aromatic nitrogens is 2. The van der Waals surface area contributed by atoms with Crippen LogP contribution in [0.2, 0.25) is 0 Å². The maximum Gasteiger partial charge on any atom is 0.254 e. The second-order valence-electron chi connectivity index (χ2n) is 7.58. The molecular formula is C23H22N4O2. The van der Waals surface area contributed by atoms with E-state index in [0.717, 1.165) is 24.4 Å². The Hall–Kier alpha value is -3.41. The molecule has 0 bridgehead atoms. The molecule has 3 heterocycles. The number of amides is 1. The fourth-order valence-corrected chi connectivity index (χ4v) is 4.02. The van der Waals surface area contributed by atoms with E-state index in [1.807, 2.05) is 4.90 Å². The fraction of sp³-hybridized carbons (Fsp3) is 0.261. The van der Waals surface area contributed by atoms with Crippen molar-refractivity contribution in [2.45, 2.75) is 13.8 Å². The van der Waals surface area contributed by atoms with Gasteiger partial charge in [-0.05, 0) is 49.2 Å². The van der Waals surface area contributed by atoms with E-state index in [9.17, 15) is 4.79 Å². The number of oxazole rings is 1. The molecule has 0 unspecified atom stereocenters. The van der Waals surface area contributed by atoms with Gasteiger partial charge in [0.05, 0.1) is 5.52 Å². The largest absolute Gasteiger partial charge is 0.443 e. The van der Waals surface area contributed by atoms with Crippen LogP contribution in [0, 0.1) is 13.8 Å². The minimum Gasteiger partial charge on any atom is -0.443 e. The average molecular weight is 386 g/mol. The number of carbonyl (C=O) groups is 1. The molecule has 2 aromatic carbocycles. The molecule has 0 saturated carbocycles. The van der Waals surface area contributed by atoms with Crippen molar-refractivity contribution in [1.29, 1.82) is 0 Å². The van der Waals surface area contributed by atoms with Crippen LogP contribution in [-0.4, -0.2) is 47.0 Å². The summed E-state index contributed by atoms with van der Waals surface area (Å²) in [6.45, 7) is 7.10. The van der Waals surface area contributed by atoms with Gasteiger partial charge in [0.2, 0.25) is 0 Å². The summed E-state index contributed by atoms with van der Waals surface area (Å²) in [5.41, 5.74) is 5.52. The van der Waals surface area contributed by atoms with E-state index in [4.69, 9.17) is 9.40 Å². The predicted octanol–water partition coefficient (Wildman–Crippen LogP) is 3.96. The normalized spacial score (nSPS) is 14.7.